The molecule has 0 fully saturated rings. The van der Waals surface area contributed by atoms with Crippen LogP contribution in [-0.2, 0) is 4.74 Å². The first kappa shape index (κ1) is 11.7. The second-order valence-electron chi connectivity index (χ2n) is 3.90. The number of nitrogens with zero attached hydrogens (tertiary/aromatic N) is 1. The summed E-state index contributed by atoms with van der Waals surface area (Å²) in [6.45, 7) is 0.367. The number of carbonyl (C=O) groups excluding carboxylic acids is 1. The molecule has 5 nitrogen and oxygen atoms in total. The maximum Gasteiger partial charge on any atom is 0.341 e. The second kappa shape index (κ2) is 4.63. The van der Waals surface area contributed by atoms with Crippen molar-refractivity contribution in [3.8, 4) is 5.75 Å². The molecule has 17 heavy (non-hydrogen) atoms. The molecule has 0 radical (unpaired) electrons. The van der Waals surface area contributed by atoms with Crippen LogP contribution in [0.1, 0.15) is 10.4 Å². The summed E-state index contributed by atoms with van der Waals surface area (Å²) in [6.07, 6.45) is 0. The lowest BCUT2D eigenvalue weighted by molar-refractivity contribution is 0.0594. The first-order valence-electron chi connectivity index (χ1n) is 5.37. The molecule has 1 aromatic rings. The lowest BCUT2D eigenvalue weighted by atomic mass is 10.1. The van der Waals surface area contributed by atoms with Gasteiger partial charge in [0.25, 0.3) is 0 Å². The molecule has 1 aliphatic rings. The number of fused-ring (bicyclic) bond motifs is 1. The third-order valence-electron chi connectivity index (χ3n) is 2.96. The van der Waals surface area contributed by atoms with Crippen LogP contribution >= 0.6 is 0 Å². The fourth-order valence-electron chi connectivity index (χ4n) is 1.89. The van der Waals surface area contributed by atoms with Crippen LogP contribution in [0.15, 0.2) is 18.2 Å². The molecule has 2 rings (SSSR count). The van der Waals surface area contributed by atoms with E-state index in [4.69, 9.17) is 9.47 Å². The molecule has 0 aromatic heterocycles. The maximum atomic E-state index is 11.6. The Morgan fingerprint density at radius 1 is 1.65 bits per heavy atom. The lowest BCUT2D eigenvalue weighted by Crippen LogP contribution is -2.43. The number of carbonyl (C=O) groups is 1. The minimum absolute atomic E-state index is 0.0123. The Balaban J connectivity index is 2.43. The van der Waals surface area contributed by atoms with E-state index >= 15 is 0 Å². The van der Waals surface area contributed by atoms with Gasteiger partial charge in [0, 0.05) is 7.05 Å². The van der Waals surface area contributed by atoms with Crippen molar-refractivity contribution >= 4 is 11.7 Å². The summed E-state index contributed by atoms with van der Waals surface area (Å²) in [7, 11) is 3.20. The zero-order chi connectivity index (χ0) is 12.4. The smallest absolute Gasteiger partial charge is 0.341 e. The highest BCUT2D eigenvalue weighted by Crippen LogP contribution is 2.36. The molecule has 5 heteroatoms. The molecule has 92 valence electrons. The Morgan fingerprint density at radius 2 is 2.41 bits per heavy atom. The van der Waals surface area contributed by atoms with Crippen molar-refractivity contribution in [3.05, 3.63) is 23.8 Å². The van der Waals surface area contributed by atoms with Crippen LogP contribution in [0.5, 0.6) is 5.75 Å². The quantitative estimate of drug-likeness (QED) is 0.766. The van der Waals surface area contributed by atoms with Crippen LogP contribution in [0.3, 0.4) is 0 Å². The van der Waals surface area contributed by atoms with E-state index in [2.05, 4.69) is 0 Å². The van der Waals surface area contributed by atoms with Crippen molar-refractivity contribution in [2.45, 2.75) is 6.04 Å². The van der Waals surface area contributed by atoms with E-state index < -0.39 is 5.97 Å². The summed E-state index contributed by atoms with van der Waals surface area (Å²) in [6, 6.07) is 5.20. The number of para-hydroxylation sites is 1. The third kappa shape index (κ3) is 1.93. The number of methoxy groups -OCH3 is 1. The van der Waals surface area contributed by atoms with Crippen molar-refractivity contribution in [2.24, 2.45) is 0 Å². The maximum absolute atomic E-state index is 11.6. The van der Waals surface area contributed by atoms with Gasteiger partial charge in [-0.1, -0.05) is 6.07 Å². The predicted octanol–water partition coefficient (Wildman–Crippen LogP) is 0.663. The van der Waals surface area contributed by atoms with Crippen LogP contribution in [0.2, 0.25) is 0 Å². The molecular formula is C12H15NO4. The molecule has 1 aromatic carbocycles. The second-order valence-corrected chi connectivity index (χ2v) is 3.90. The predicted molar refractivity (Wildman–Crippen MR) is 62.6 cm³/mol. The number of benzene rings is 1. The van der Waals surface area contributed by atoms with Gasteiger partial charge < -0.3 is 19.5 Å². The third-order valence-corrected chi connectivity index (χ3v) is 2.96. The number of aliphatic hydroxyl groups is 1. The number of esters is 1. The molecule has 0 spiro atoms. The van der Waals surface area contributed by atoms with Gasteiger partial charge in [-0.15, -0.1) is 0 Å². The largest absolute Gasteiger partial charge is 0.488 e. The average Bonchev–Trinajstić information content (AvgIpc) is 2.38. The van der Waals surface area contributed by atoms with Crippen molar-refractivity contribution in [1.82, 2.24) is 0 Å². The lowest BCUT2D eigenvalue weighted by Gasteiger charge is -2.35. The van der Waals surface area contributed by atoms with E-state index in [-0.39, 0.29) is 12.6 Å². The first-order valence-corrected chi connectivity index (χ1v) is 5.37. The van der Waals surface area contributed by atoms with E-state index in [1.54, 1.807) is 12.1 Å². The van der Waals surface area contributed by atoms with Gasteiger partial charge >= 0.3 is 5.97 Å². The van der Waals surface area contributed by atoms with Crippen LogP contribution in [-0.4, -0.2) is 44.5 Å². The van der Waals surface area contributed by atoms with Gasteiger partial charge in [0.1, 0.15) is 12.2 Å². The van der Waals surface area contributed by atoms with Gasteiger partial charge in [-0.2, -0.15) is 0 Å². The van der Waals surface area contributed by atoms with Gasteiger partial charge in [0.15, 0.2) is 5.75 Å². The van der Waals surface area contributed by atoms with E-state index in [9.17, 15) is 9.90 Å². The van der Waals surface area contributed by atoms with E-state index in [1.165, 1.54) is 7.11 Å². The first-order chi connectivity index (χ1) is 8.19. The molecule has 1 aliphatic heterocycles. The van der Waals surface area contributed by atoms with E-state index in [0.717, 1.165) is 5.69 Å². The van der Waals surface area contributed by atoms with Crippen molar-refractivity contribution in [2.75, 3.05) is 32.3 Å². The molecule has 0 amide bonds. The summed E-state index contributed by atoms with van der Waals surface area (Å²) in [5.41, 5.74) is 1.20. The Bertz CT molecular complexity index is 433. The molecule has 0 aliphatic carbocycles. The number of hydrogen-bond donors (Lipinski definition) is 1. The highest BCUT2D eigenvalue weighted by molar-refractivity contribution is 5.95. The molecular weight excluding hydrogens is 222 g/mol. The Hall–Kier alpha value is -1.75. The SMILES string of the molecule is COC(=O)c1cccc2c1OCC(CO)N2C. The Kier molecular flexibility index (Phi) is 3.19. The highest BCUT2D eigenvalue weighted by Gasteiger charge is 2.27. The van der Waals surface area contributed by atoms with Crippen molar-refractivity contribution in [3.63, 3.8) is 0 Å². The summed E-state index contributed by atoms with van der Waals surface area (Å²) >= 11 is 0. The zero-order valence-electron chi connectivity index (χ0n) is 9.84. The summed E-state index contributed by atoms with van der Waals surface area (Å²) in [5.74, 6) is 0.101. The van der Waals surface area contributed by atoms with Gasteiger partial charge in [-0.25, -0.2) is 4.79 Å². The average molecular weight is 237 g/mol. The monoisotopic (exact) mass is 237 g/mol. The fraction of sp³-hybridized carbons (Fsp3) is 0.417. The highest BCUT2D eigenvalue weighted by atomic mass is 16.5. The summed E-state index contributed by atoms with van der Waals surface area (Å²) in [4.78, 5) is 13.5. The molecule has 1 unspecified atom stereocenters. The molecule has 1 atom stereocenters. The molecule has 0 bridgehead atoms. The van der Waals surface area contributed by atoms with E-state index in [0.29, 0.717) is 17.9 Å². The number of anilines is 1. The van der Waals surface area contributed by atoms with E-state index in [1.807, 2.05) is 18.0 Å². The van der Waals surface area contributed by atoms with Crippen LogP contribution < -0.4 is 9.64 Å². The van der Waals surface area contributed by atoms with Crippen molar-refractivity contribution < 1.29 is 19.4 Å². The summed E-state index contributed by atoms with van der Waals surface area (Å²) in [5, 5.41) is 9.20. The normalized spacial score (nSPS) is 18.3. The summed E-state index contributed by atoms with van der Waals surface area (Å²) < 4.78 is 10.3. The molecule has 0 saturated carbocycles. The molecule has 1 N–H and O–H groups in total. The number of aliphatic hydroxyl groups excluding tert-OH is 1. The van der Waals surface area contributed by atoms with Crippen LogP contribution in [0.4, 0.5) is 5.69 Å². The van der Waals surface area contributed by atoms with Crippen LogP contribution in [0, 0.1) is 0 Å². The number of ether oxygens (including phenoxy) is 2. The number of likely N-dealkylation sites (N-methyl/N-ethyl adjacent to an activating group) is 1. The van der Waals surface area contributed by atoms with Crippen LogP contribution in [0.25, 0.3) is 0 Å². The topological polar surface area (TPSA) is 59.0 Å². The minimum Gasteiger partial charge on any atom is -0.488 e. The minimum atomic E-state index is -0.419. The van der Waals surface area contributed by atoms with Gasteiger partial charge in [-0.3, -0.25) is 0 Å². The standard InChI is InChI=1S/C12H15NO4/c1-13-8(6-14)7-17-11-9(12(15)16-2)4-3-5-10(11)13/h3-5,8,14H,6-7H2,1-2H3. The molecule has 0 saturated heterocycles. The zero-order valence-corrected chi connectivity index (χ0v) is 9.84. The number of hydrogen-bond acceptors (Lipinski definition) is 5. The molecule has 1 heterocycles. The van der Waals surface area contributed by atoms with Gasteiger partial charge in [0.2, 0.25) is 0 Å². The Morgan fingerprint density at radius 3 is 3.06 bits per heavy atom. The Labute approximate surface area is 99.6 Å². The number of rotatable bonds is 2. The fourth-order valence-corrected chi connectivity index (χ4v) is 1.89. The van der Waals surface area contributed by atoms with Crippen molar-refractivity contribution in [1.29, 1.82) is 0 Å². The van der Waals surface area contributed by atoms with Gasteiger partial charge in [-0.05, 0) is 12.1 Å². The van der Waals surface area contributed by atoms with Gasteiger partial charge in [0.05, 0.1) is 25.4 Å².